The van der Waals surface area contributed by atoms with E-state index in [0.717, 1.165) is 0 Å². The third-order valence-electron chi connectivity index (χ3n) is 0.968. The minimum Gasteiger partial charge on any atom is -0.870 e. The molecule has 1 aromatic carbocycles. The van der Waals surface area contributed by atoms with E-state index in [2.05, 4.69) is 4.52 Å². The first-order valence-electron chi connectivity index (χ1n) is 2.88. The number of phosphoric acid groups is 1. The summed E-state index contributed by atoms with van der Waals surface area (Å²) in [7, 11) is -4.39. The molecule has 0 saturated heterocycles. The third kappa shape index (κ3) is 7.22. The molecule has 0 radical (unpaired) electrons. The molecule has 0 aliphatic carbocycles. The summed E-state index contributed by atoms with van der Waals surface area (Å²) in [6.45, 7) is 0. The van der Waals surface area contributed by atoms with E-state index < -0.39 is 7.82 Å². The van der Waals surface area contributed by atoms with E-state index in [1.165, 1.54) is 12.1 Å². The van der Waals surface area contributed by atoms with Gasteiger partial charge in [-0.3, -0.25) is 9.79 Å². The second-order valence-corrected chi connectivity index (χ2v) is 3.06. The topological polar surface area (TPSA) is 96.8 Å². The van der Waals surface area contributed by atoms with Gasteiger partial charge in [0.25, 0.3) is 0 Å². The Kier molecular flexibility index (Phi) is 7.87. The van der Waals surface area contributed by atoms with E-state index in [4.69, 9.17) is 9.79 Å². The van der Waals surface area contributed by atoms with Crippen LogP contribution in [0.5, 0.6) is 5.75 Å². The predicted molar refractivity (Wildman–Crippen MR) is 41.0 cm³/mol. The number of phosphoric ester groups is 1. The first-order valence-corrected chi connectivity index (χ1v) is 4.41. The molecule has 0 aliphatic rings. The molecule has 0 fully saturated rings. The van der Waals surface area contributed by atoms with Crippen molar-refractivity contribution in [2.45, 2.75) is 0 Å². The molecule has 0 aliphatic heterocycles. The zero-order chi connectivity index (χ0) is 8.32. The van der Waals surface area contributed by atoms with Gasteiger partial charge >= 0.3 is 37.4 Å². The van der Waals surface area contributed by atoms with Gasteiger partial charge in [0.15, 0.2) is 0 Å². The average Bonchev–Trinajstić information content (AvgIpc) is 1.85. The average molecular weight is 214 g/mol. The van der Waals surface area contributed by atoms with Crippen molar-refractivity contribution in [1.82, 2.24) is 0 Å². The molecule has 0 aromatic heterocycles. The fraction of sp³-hybridized carbons (Fsp3) is 0. The standard InChI is InChI=1S/C6H7O4P.Na.H2O/c7-11(8,9)10-6-4-2-1-3-5-6;;/h1-5H,(H2,7,8,9);;1H2/q;+1;/p-1. The zero-order valence-electron chi connectivity index (χ0n) is 6.99. The van der Waals surface area contributed by atoms with Crippen LogP contribution in [-0.2, 0) is 4.57 Å². The molecule has 5 nitrogen and oxygen atoms in total. The minimum atomic E-state index is -4.39. The van der Waals surface area contributed by atoms with Gasteiger partial charge in [-0.05, 0) is 12.1 Å². The molecule has 0 bridgehead atoms. The van der Waals surface area contributed by atoms with Gasteiger partial charge in [-0.1, -0.05) is 18.2 Å². The maximum absolute atomic E-state index is 10.3. The molecule has 13 heavy (non-hydrogen) atoms. The molecule has 1 aromatic rings. The summed E-state index contributed by atoms with van der Waals surface area (Å²) in [5.74, 6) is 0.167. The first-order chi connectivity index (χ1) is 5.08. The number of hydrogen-bond donors (Lipinski definition) is 2. The van der Waals surface area contributed by atoms with Crippen molar-refractivity contribution in [3.8, 4) is 5.75 Å². The van der Waals surface area contributed by atoms with Crippen molar-refractivity contribution in [3.63, 3.8) is 0 Å². The molecule has 68 valence electrons. The summed E-state index contributed by atoms with van der Waals surface area (Å²) in [5.41, 5.74) is 0. The SMILES string of the molecule is O=P(O)(O)Oc1ccccc1.[Na+].[OH-]. The van der Waals surface area contributed by atoms with Crippen LogP contribution in [-0.4, -0.2) is 15.3 Å². The van der Waals surface area contributed by atoms with Crippen LogP contribution < -0.4 is 34.1 Å². The number of para-hydroxylation sites is 1. The number of hydrogen-bond acceptors (Lipinski definition) is 3. The van der Waals surface area contributed by atoms with Crippen LogP contribution >= 0.6 is 7.82 Å². The quantitative estimate of drug-likeness (QED) is 0.437. The minimum absolute atomic E-state index is 0. The van der Waals surface area contributed by atoms with Crippen LogP contribution in [0.1, 0.15) is 0 Å². The summed E-state index contributed by atoms with van der Waals surface area (Å²) in [6.07, 6.45) is 0. The Bertz CT molecular complexity index is 272. The van der Waals surface area contributed by atoms with E-state index in [1.807, 2.05) is 0 Å². The van der Waals surface area contributed by atoms with E-state index >= 15 is 0 Å². The number of benzene rings is 1. The third-order valence-corrected chi connectivity index (χ3v) is 1.42. The summed E-state index contributed by atoms with van der Waals surface area (Å²) < 4.78 is 14.5. The molecule has 0 atom stereocenters. The van der Waals surface area contributed by atoms with Crippen LogP contribution in [0.2, 0.25) is 0 Å². The molecule has 0 unspecified atom stereocenters. The van der Waals surface area contributed by atoms with Gasteiger partial charge in [0.05, 0.1) is 0 Å². The van der Waals surface area contributed by atoms with E-state index in [9.17, 15) is 4.57 Å². The van der Waals surface area contributed by atoms with Gasteiger partial charge in [0.1, 0.15) is 5.75 Å². The van der Waals surface area contributed by atoms with Crippen LogP contribution in [0.3, 0.4) is 0 Å². The Morgan fingerprint density at radius 1 is 1.15 bits per heavy atom. The molecule has 3 N–H and O–H groups in total. The Morgan fingerprint density at radius 2 is 1.62 bits per heavy atom. The van der Waals surface area contributed by atoms with Gasteiger partial charge in [-0.15, -0.1) is 0 Å². The van der Waals surface area contributed by atoms with Crippen LogP contribution in [0.4, 0.5) is 0 Å². The number of rotatable bonds is 2. The van der Waals surface area contributed by atoms with Crippen LogP contribution in [0.15, 0.2) is 30.3 Å². The van der Waals surface area contributed by atoms with Crippen LogP contribution in [0, 0.1) is 0 Å². The van der Waals surface area contributed by atoms with Gasteiger partial charge in [0, 0.05) is 0 Å². The molecular weight excluding hydrogens is 206 g/mol. The zero-order valence-corrected chi connectivity index (χ0v) is 9.89. The maximum atomic E-state index is 10.3. The fourth-order valence-electron chi connectivity index (χ4n) is 0.619. The maximum Gasteiger partial charge on any atom is 1.00 e. The molecule has 1 rings (SSSR count). The second kappa shape index (κ2) is 6.56. The van der Waals surface area contributed by atoms with Crippen molar-refractivity contribution in [3.05, 3.63) is 30.3 Å². The van der Waals surface area contributed by atoms with Gasteiger partial charge in [-0.25, -0.2) is 4.57 Å². The summed E-state index contributed by atoms with van der Waals surface area (Å²) in [6, 6.07) is 7.93. The van der Waals surface area contributed by atoms with E-state index in [0.29, 0.717) is 0 Å². The van der Waals surface area contributed by atoms with Crippen molar-refractivity contribution in [2.24, 2.45) is 0 Å². The van der Waals surface area contributed by atoms with Gasteiger partial charge in [0.2, 0.25) is 0 Å². The Hall–Kier alpha value is 0.130. The summed E-state index contributed by atoms with van der Waals surface area (Å²) in [5, 5.41) is 0. The normalized spacial score (nSPS) is 9.38. The predicted octanol–water partition coefficient (Wildman–Crippen LogP) is -2.01. The van der Waals surface area contributed by atoms with E-state index in [-0.39, 0.29) is 40.8 Å². The Labute approximate surface area is 97.6 Å². The van der Waals surface area contributed by atoms with E-state index in [1.54, 1.807) is 18.2 Å². The molecule has 0 saturated carbocycles. The second-order valence-electron chi connectivity index (χ2n) is 1.89. The monoisotopic (exact) mass is 214 g/mol. The van der Waals surface area contributed by atoms with Crippen molar-refractivity contribution >= 4 is 7.82 Å². The molecule has 0 amide bonds. The van der Waals surface area contributed by atoms with Crippen LogP contribution in [0.25, 0.3) is 0 Å². The fourth-order valence-corrected chi connectivity index (χ4v) is 1.02. The molecule has 0 heterocycles. The van der Waals surface area contributed by atoms with Gasteiger partial charge in [-0.2, -0.15) is 0 Å². The molecule has 7 heteroatoms. The molecular formula is C6H8NaO5P. The first kappa shape index (κ1) is 15.6. The smallest absolute Gasteiger partial charge is 0.870 e. The largest absolute Gasteiger partial charge is 1.00 e. The Morgan fingerprint density at radius 3 is 2.00 bits per heavy atom. The van der Waals surface area contributed by atoms with Gasteiger partial charge < -0.3 is 10.00 Å². The molecule has 0 spiro atoms. The van der Waals surface area contributed by atoms with Crippen molar-refractivity contribution < 1.29 is 53.9 Å². The van der Waals surface area contributed by atoms with Crippen molar-refractivity contribution in [1.29, 1.82) is 0 Å². The summed E-state index contributed by atoms with van der Waals surface area (Å²) in [4.78, 5) is 16.7. The summed E-state index contributed by atoms with van der Waals surface area (Å²) >= 11 is 0. The Balaban J connectivity index is 0. The van der Waals surface area contributed by atoms with Crippen molar-refractivity contribution in [2.75, 3.05) is 0 Å².